The molecule has 0 saturated carbocycles. The van der Waals surface area contributed by atoms with Crippen LogP contribution in [0.2, 0.25) is 0 Å². The Morgan fingerprint density at radius 1 is 0.805 bits per heavy atom. The molecule has 0 bridgehead atoms. The Morgan fingerprint density at radius 3 is 1.76 bits per heavy atom. The van der Waals surface area contributed by atoms with E-state index in [2.05, 4.69) is 19.2 Å². The zero-order valence-corrected chi connectivity index (χ0v) is 27.9. The zero-order valence-electron chi connectivity index (χ0n) is 27.0. The maximum absolute atomic E-state index is 12.5. The van der Waals surface area contributed by atoms with E-state index in [1.807, 2.05) is 25.1 Å². The Labute approximate surface area is 252 Å². The van der Waals surface area contributed by atoms with Crippen LogP contribution in [0.25, 0.3) is 0 Å². The van der Waals surface area contributed by atoms with Crippen LogP contribution in [0, 0.1) is 0 Å². The molecule has 8 nitrogen and oxygen atoms in total. The van der Waals surface area contributed by atoms with Gasteiger partial charge in [-0.25, -0.2) is 4.57 Å². The summed E-state index contributed by atoms with van der Waals surface area (Å²) in [6.45, 7) is 4.86. The molecule has 244 valence electrons. The lowest BCUT2D eigenvalue weighted by molar-refractivity contribution is -0.125. The van der Waals surface area contributed by atoms with Crippen LogP contribution < -0.4 is 5.32 Å². The lowest BCUT2D eigenvalue weighted by Crippen LogP contribution is -2.44. The van der Waals surface area contributed by atoms with Crippen LogP contribution >= 0.6 is 7.82 Å². The molecule has 3 N–H and O–H groups in total. The number of phosphoric acid groups is 1. The monoisotopic (exact) mass is 604 g/mol. The molecule has 0 aromatic heterocycles. The minimum atomic E-state index is -4.47. The third-order valence-corrected chi connectivity index (χ3v) is 8.22. The number of amides is 1. The van der Waals surface area contributed by atoms with E-state index in [0.717, 1.165) is 38.5 Å². The number of phosphoric ester groups is 1. The van der Waals surface area contributed by atoms with Crippen LogP contribution in [0.15, 0.2) is 12.2 Å². The van der Waals surface area contributed by atoms with Crippen LogP contribution in [0.1, 0.15) is 149 Å². The molecular formula is C32H65N2O6P. The summed E-state index contributed by atoms with van der Waals surface area (Å²) in [5.41, 5.74) is 0. The first-order valence-corrected chi connectivity index (χ1v) is 18.2. The molecule has 0 aliphatic carbocycles. The Hall–Kier alpha value is -0.760. The van der Waals surface area contributed by atoms with Gasteiger partial charge in [0.05, 0.1) is 6.61 Å². The van der Waals surface area contributed by atoms with Gasteiger partial charge < -0.3 is 20.2 Å². The van der Waals surface area contributed by atoms with Crippen LogP contribution in [0.3, 0.4) is 0 Å². The van der Waals surface area contributed by atoms with Crippen molar-refractivity contribution in [2.75, 3.05) is 27.2 Å². The van der Waals surface area contributed by atoms with E-state index >= 15 is 0 Å². The molecule has 0 saturated heterocycles. The first-order valence-electron chi connectivity index (χ1n) is 16.7. The summed E-state index contributed by atoms with van der Waals surface area (Å²) in [5.74, 6) is -0.315. The first-order chi connectivity index (χ1) is 19.7. The number of nitrogens with one attached hydrogen (secondary N) is 1. The Morgan fingerprint density at radius 2 is 1.27 bits per heavy atom. The second-order valence-corrected chi connectivity index (χ2v) is 13.1. The summed E-state index contributed by atoms with van der Waals surface area (Å²) < 4.78 is 22.8. The van der Waals surface area contributed by atoms with Crippen molar-refractivity contribution in [1.82, 2.24) is 10.2 Å². The van der Waals surface area contributed by atoms with Gasteiger partial charge in [0, 0.05) is 13.0 Å². The second-order valence-electron chi connectivity index (χ2n) is 11.7. The highest BCUT2D eigenvalue weighted by molar-refractivity contribution is 7.47. The third-order valence-electron chi connectivity index (χ3n) is 7.22. The van der Waals surface area contributed by atoms with Crippen molar-refractivity contribution in [2.24, 2.45) is 0 Å². The maximum Gasteiger partial charge on any atom is 0.474 e. The highest BCUT2D eigenvalue weighted by atomic mass is 31.2. The average molecular weight is 605 g/mol. The number of rotatable bonds is 30. The number of aliphatic hydroxyl groups is 1. The largest absolute Gasteiger partial charge is 0.474 e. The van der Waals surface area contributed by atoms with Gasteiger partial charge in [0.25, 0.3) is 0 Å². The van der Waals surface area contributed by atoms with Gasteiger partial charge in [-0.3, -0.25) is 13.8 Å². The van der Waals surface area contributed by atoms with Crippen molar-refractivity contribution in [1.29, 1.82) is 0 Å². The molecule has 0 heterocycles. The van der Waals surface area contributed by atoms with E-state index in [9.17, 15) is 19.4 Å². The van der Waals surface area contributed by atoms with E-state index in [4.69, 9.17) is 9.05 Å². The summed E-state index contributed by atoms with van der Waals surface area (Å²) in [7, 11) is -0.823. The van der Waals surface area contributed by atoms with E-state index in [1.54, 1.807) is 0 Å². The number of carbonyl (C=O) groups excluding carboxylic acids is 1. The normalized spacial score (nSPS) is 14.9. The van der Waals surface area contributed by atoms with E-state index in [-0.39, 0.29) is 18.9 Å². The predicted molar refractivity (Wildman–Crippen MR) is 171 cm³/mol. The molecule has 41 heavy (non-hydrogen) atoms. The lowest BCUT2D eigenvalue weighted by Gasteiger charge is -2.24. The van der Waals surface area contributed by atoms with Gasteiger partial charge in [0.1, 0.15) is 6.10 Å². The molecule has 0 rings (SSSR count). The summed E-state index contributed by atoms with van der Waals surface area (Å²) >= 11 is 0. The molecule has 0 aliphatic rings. The van der Waals surface area contributed by atoms with Crippen LogP contribution in [-0.2, 0) is 18.4 Å². The number of allylic oxidation sites excluding steroid dienone is 1. The van der Waals surface area contributed by atoms with Crippen molar-refractivity contribution in [3.63, 3.8) is 0 Å². The maximum atomic E-state index is 12.5. The Bertz CT molecular complexity index is 677. The zero-order chi connectivity index (χ0) is 30.6. The molecule has 0 radical (unpaired) electrons. The van der Waals surface area contributed by atoms with Crippen LogP contribution in [0.5, 0.6) is 0 Å². The molecule has 0 spiro atoms. The summed E-state index contributed by atoms with van der Waals surface area (Å²) in [5, 5.41) is 13.3. The highest BCUT2D eigenvalue weighted by Crippen LogP contribution is 2.44. The molecular weight excluding hydrogens is 539 g/mol. The fraction of sp³-hybridized carbons (Fsp3) is 0.906. The molecule has 0 aromatic rings. The van der Waals surface area contributed by atoms with Gasteiger partial charge in [-0.15, -0.1) is 0 Å². The third kappa shape index (κ3) is 27.8. The van der Waals surface area contributed by atoms with Crippen molar-refractivity contribution < 1.29 is 28.4 Å². The molecule has 0 aromatic carbocycles. The van der Waals surface area contributed by atoms with Crippen molar-refractivity contribution in [3.8, 4) is 0 Å². The minimum Gasteiger partial charge on any atom is -0.384 e. The molecule has 0 aliphatic heterocycles. The fourth-order valence-electron chi connectivity index (χ4n) is 4.60. The van der Waals surface area contributed by atoms with Gasteiger partial charge >= 0.3 is 7.82 Å². The summed E-state index contributed by atoms with van der Waals surface area (Å²) in [4.78, 5) is 24.5. The van der Waals surface area contributed by atoms with Gasteiger partial charge in [-0.2, -0.15) is 0 Å². The standard InChI is InChI=1S/C32H65N2O6P/c1-5-7-9-11-13-14-15-16-17-18-19-21-22-24-26-30(35)32(40-41(37,38)39-29-28-34(3)4)33-31(36)27-25-23-20-12-10-8-6-2/h24,26,30,32,35H,5-23,25,27-29H2,1-4H3,(H,33,36)(H,37,38)/b26-24-. The van der Waals surface area contributed by atoms with Gasteiger partial charge in [-0.05, 0) is 33.4 Å². The smallest absolute Gasteiger partial charge is 0.384 e. The fourth-order valence-corrected chi connectivity index (χ4v) is 5.44. The van der Waals surface area contributed by atoms with Crippen molar-refractivity contribution in [2.45, 2.75) is 161 Å². The topological polar surface area (TPSA) is 108 Å². The van der Waals surface area contributed by atoms with Crippen molar-refractivity contribution in [3.05, 3.63) is 12.2 Å². The first kappa shape index (κ1) is 40.2. The van der Waals surface area contributed by atoms with E-state index in [1.165, 1.54) is 96.0 Å². The lowest BCUT2D eigenvalue weighted by atomic mass is 10.0. The Balaban J connectivity index is 4.48. The number of hydrogen-bond donors (Lipinski definition) is 3. The number of hydrogen-bond acceptors (Lipinski definition) is 6. The number of nitrogens with zero attached hydrogens (tertiary/aromatic N) is 1. The number of likely N-dealkylation sites (N-methyl/N-ethyl adjacent to an activating group) is 1. The van der Waals surface area contributed by atoms with Gasteiger partial charge in [0.2, 0.25) is 5.91 Å². The molecule has 3 unspecified atom stereocenters. The predicted octanol–water partition coefficient (Wildman–Crippen LogP) is 8.27. The highest BCUT2D eigenvalue weighted by Gasteiger charge is 2.31. The number of aliphatic hydroxyl groups excluding tert-OH is 1. The van der Waals surface area contributed by atoms with Crippen LogP contribution in [-0.4, -0.2) is 60.4 Å². The minimum absolute atomic E-state index is 0.00955. The quantitative estimate of drug-likeness (QED) is 0.0328. The number of unbranched alkanes of at least 4 members (excludes halogenated alkanes) is 18. The molecule has 0 fully saturated rings. The molecule has 9 heteroatoms. The average Bonchev–Trinajstić information content (AvgIpc) is 2.91. The molecule has 1 amide bonds. The van der Waals surface area contributed by atoms with Gasteiger partial charge in [0.15, 0.2) is 6.23 Å². The summed E-state index contributed by atoms with van der Waals surface area (Å²) in [6.07, 6.45) is 24.8. The summed E-state index contributed by atoms with van der Waals surface area (Å²) in [6, 6.07) is 0. The van der Waals surface area contributed by atoms with Gasteiger partial charge in [-0.1, -0.05) is 135 Å². The second kappa shape index (κ2) is 28.0. The van der Waals surface area contributed by atoms with Crippen LogP contribution in [0.4, 0.5) is 0 Å². The SMILES string of the molecule is CCCCCCCCCCCCCC/C=C\C(O)C(NC(=O)CCCCCCCCC)OP(=O)(O)OCCN(C)C. The van der Waals surface area contributed by atoms with E-state index in [0.29, 0.717) is 6.54 Å². The van der Waals surface area contributed by atoms with E-state index < -0.39 is 20.2 Å². The number of carbonyl (C=O) groups is 1. The Kier molecular flexibility index (Phi) is 27.5. The van der Waals surface area contributed by atoms with Crippen molar-refractivity contribution >= 4 is 13.7 Å². The molecule has 3 atom stereocenters.